The number of carbonyl (C=O) groups excluding carboxylic acids is 2. The number of hydrogen-bond acceptors (Lipinski definition) is 4. The predicted octanol–water partition coefficient (Wildman–Crippen LogP) is 1.29. The Morgan fingerprint density at radius 2 is 2.20 bits per heavy atom. The van der Waals surface area contributed by atoms with Gasteiger partial charge in [-0.25, -0.2) is 4.79 Å². The zero-order chi connectivity index (χ0) is 14.7. The van der Waals surface area contributed by atoms with Crippen LogP contribution in [0.5, 0.6) is 0 Å². The lowest BCUT2D eigenvalue weighted by atomic mass is 10.0. The zero-order valence-corrected chi connectivity index (χ0v) is 12.3. The van der Waals surface area contributed by atoms with Gasteiger partial charge in [0, 0.05) is 19.3 Å². The molecule has 1 unspecified atom stereocenters. The third-order valence-corrected chi connectivity index (χ3v) is 3.79. The Morgan fingerprint density at radius 1 is 1.45 bits per heavy atom. The fourth-order valence-electron chi connectivity index (χ4n) is 2.52. The van der Waals surface area contributed by atoms with Crippen LogP contribution in [0.15, 0.2) is 6.20 Å². The van der Waals surface area contributed by atoms with Crippen LogP contribution in [0.1, 0.15) is 42.2 Å². The number of esters is 1. The van der Waals surface area contributed by atoms with E-state index in [1.807, 2.05) is 6.92 Å². The molecule has 6 heteroatoms. The van der Waals surface area contributed by atoms with Crippen LogP contribution >= 0.6 is 0 Å². The molecule has 1 fully saturated rings. The number of hydrogen-bond donors (Lipinski definition) is 0. The van der Waals surface area contributed by atoms with E-state index in [-0.39, 0.29) is 11.9 Å². The number of likely N-dealkylation sites (tertiary alicyclic amines) is 1. The lowest BCUT2D eigenvalue weighted by Crippen LogP contribution is -2.48. The molecule has 0 N–H and O–H groups in total. The number of rotatable bonds is 3. The molecule has 2 heterocycles. The maximum atomic E-state index is 12.6. The van der Waals surface area contributed by atoms with Crippen LogP contribution < -0.4 is 0 Å². The largest absolute Gasteiger partial charge is 0.464 e. The summed E-state index contributed by atoms with van der Waals surface area (Å²) in [7, 11) is 1.80. The van der Waals surface area contributed by atoms with E-state index >= 15 is 0 Å². The fourth-order valence-corrected chi connectivity index (χ4v) is 2.52. The smallest absolute Gasteiger partial charge is 0.328 e. The van der Waals surface area contributed by atoms with Gasteiger partial charge in [-0.05, 0) is 33.1 Å². The van der Waals surface area contributed by atoms with E-state index in [1.54, 1.807) is 29.7 Å². The number of piperidine rings is 1. The molecule has 0 bridgehead atoms. The molecule has 0 aliphatic carbocycles. The maximum absolute atomic E-state index is 12.6. The van der Waals surface area contributed by atoms with Crippen molar-refractivity contribution in [2.75, 3.05) is 13.2 Å². The van der Waals surface area contributed by atoms with E-state index in [4.69, 9.17) is 4.74 Å². The van der Waals surface area contributed by atoms with Gasteiger partial charge in [-0.1, -0.05) is 0 Å². The predicted molar refractivity (Wildman–Crippen MR) is 73.3 cm³/mol. The van der Waals surface area contributed by atoms with Crippen LogP contribution in [0.4, 0.5) is 0 Å². The van der Waals surface area contributed by atoms with Gasteiger partial charge in [0.05, 0.1) is 18.4 Å². The van der Waals surface area contributed by atoms with E-state index in [0.29, 0.717) is 25.1 Å². The van der Waals surface area contributed by atoms with Crippen LogP contribution in [-0.4, -0.2) is 45.8 Å². The van der Waals surface area contributed by atoms with Gasteiger partial charge < -0.3 is 9.64 Å². The third-order valence-electron chi connectivity index (χ3n) is 3.79. The Morgan fingerprint density at radius 3 is 2.80 bits per heavy atom. The minimum absolute atomic E-state index is 0.131. The Bertz CT molecular complexity index is 510. The molecule has 0 aromatic carbocycles. The van der Waals surface area contributed by atoms with E-state index in [2.05, 4.69) is 5.10 Å². The summed E-state index contributed by atoms with van der Waals surface area (Å²) >= 11 is 0. The summed E-state index contributed by atoms with van der Waals surface area (Å²) < 4.78 is 6.74. The molecule has 1 aliphatic heterocycles. The van der Waals surface area contributed by atoms with Gasteiger partial charge in [0.25, 0.3) is 5.91 Å². The Balaban J connectivity index is 2.21. The molecule has 20 heavy (non-hydrogen) atoms. The van der Waals surface area contributed by atoms with Crippen molar-refractivity contribution in [1.82, 2.24) is 14.7 Å². The summed E-state index contributed by atoms with van der Waals surface area (Å²) in [5.41, 5.74) is 1.37. The Kier molecular flexibility index (Phi) is 4.42. The van der Waals surface area contributed by atoms with Gasteiger partial charge >= 0.3 is 5.97 Å². The van der Waals surface area contributed by atoms with Crippen molar-refractivity contribution in [3.63, 3.8) is 0 Å². The van der Waals surface area contributed by atoms with Crippen LogP contribution in [0.25, 0.3) is 0 Å². The SMILES string of the molecule is CCOC(=O)C1CCCCN1C(=O)c1cnn(C)c1C. The van der Waals surface area contributed by atoms with E-state index < -0.39 is 6.04 Å². The molecule has 110 valence electrons. The van der Waals surface area contributed by atoms with E-state index in [0.717, 1.165) is 18.5 Å². The van der Waals surface area contributed by atoms with Crippen molar-refractivity contribution >= 4 is 11.9 Å². The molecule has 0 spiro atoms. The highest BCUT2D eigenvalue weighted by Gasteiger charge is 2.34. The minimum Gasteiger partial charge on any atom is -0.464 e. The fraction of sp³-hybridized carbons (Fsp3) is 0.643. The molecule has 1 saturated heterocycles. The molecule has 1 aliphatic rings. The molecule has 1 aromatic heterocycles. The van der Waals surface area contributed by atoms with Crippen LogP contribution in [0.3, 0.4) is 0 Å². The second kappa shape index (κ2) is 6.07. The number of nitrogens with zero attached hydrogens (tertiary/aromatic N) is 3. The number of amides is 1. The first-order chi connectivity index (χ1) is 9.56. The van der Waals surface area contributed by atoms with E-state index in [9.17, 15) is 9.59 Å². The van der Waals surface area contributed by atoms with Crippen molar-refractivity contribution in [2.24, 2.45) is 7.05 Å². The van der Waals surface area contributed by atoms with E-state index in [1.165, 1.54) is 0 Å². The summed E-state index contributed by atoms with van der Waals surface area (Å²) in [4.78, 5) is 26.2. The zero-order valence-electron chi connectivity index (χ0n) is 12.3. The minimum atomic E-state index is -0.462. The van der Waals surface area contributed by atoms with Gasteiger partial charge in [0.15, 0.2) is 0 Å². The molecular formula is C14H21N3O3. The summed E-state index contributed by atoms with van der Waals surface area (Å²) in [5.74, 6) is -0.435. The van der Waals surface area contributed by atoms with Gasteiger partial charge in [-0.15, -0.1) is 0 Å². The topological polar surface area (TPSA) is 64.4 Å². The van der Waals surface area contributed by atoms with Gasteiger partial charge in [-0.3, -0.25) is 9.48 Å². The number of aryl methyl sites for hydroxylation is 1. The molecule has 1 aromatic rings. The number of ether oxygens (including phenoxy) is 1. The Hall–Kier alpha value is -1.85. The summed E-state index contributed by atoms with van der Waals surface area (Å²) in [6, 6.07) is -0.462. The molecule has 6 nitrogen and oxygen atoms in total. The second-order valence-electron chi connectivity index (χ2n) is 5.03. The highest BCUT2D eigenvalue weighted by molar-refractivity contribution is 5.97. The standard InChI is InChI=1S/C14H21N3O3/c1-4-20-14(19)12-7-5-6-8-17(12)13(18)11-9-15-16(3)10(11)2/h9,12H,4-8H2,1-3H3. The lowest BCUT2D eigenvalue weighted by Gasteiger charge is -2.33. The van der Waals surface area contributed by atoms with Crippen molar-refractivity contribution in [3.8, 4) is 0 Å². The highest BCUT2D eigenvalue weighted by Crippen LogP contribution is 2.21. The maximum Gasteiger partial charge on any atom is 0.328 e. The van der Waals surface area contributed by atoms with Crippen LogP contribution in [0, 0.1) is 6.92 Å². The van der Waals surface area contributed by atoms with Crippen molar-refractivity contribution < 1.29 is 14.3 Å². The first-order valence-corrected chi connectivity index (χ1v) is 7.02. The third kappa shape index (κ3) is 2.69. The molecular weight excluding hydrogens is 258 g/mol. The lowest BCUT2D eigenvalue weighted by molar-refractivity contribution is -0.149. The van der Waals surface area contributed by atoms with Gasteiger partial charge in [0.1, 0.15) is 6.04 Å². The second-order valence-corrected chi connectivity index (χ2v) is 5.03. The average Bonchev–Trinajstić information content (AvgIpc) is 2.78. The summed E-state index contributed by atoms with van der Waals surface area (Å²) in [5, 5.41) is 4.09. The van der Waals surface area contributed by atoms with Crippen molar-refractivity contribution in [3.05, 3.63) is 17.5 Å². The van der Waals surface area contributed by atoms with Crippen LogP contribution in [-0.2, 0) is 16.6 Å². The molecule has 2 rings (SSSR count). The monoisotopic (exact) mass is 279 g/mol. The molecule has 1 amide bonds. The van der Waals surface area contributed by atoms with Gasteiger partial charge in [-0.2, -0.15) is 5.10 Å². The normalized spacial score (nSPS) is 18.9. The number of aromatic nitrogens is 2. The highest BCUT2D eigenvalue weighted by atomic mass is 16.5. The van der Waals surface area contributed by atoms with Crippen molar-refractivity contribution in [1.29, 1.82) is 0 Å². The molecule has 0 saturated carbocycles. The first kappa shape index (κ1) is 14.6. The quantitative estimate of drug-likeness (QED) is 0.782. The first-order valence-electron chi connectivity index (χ1n) is 7.02. The summed E-state index contributed by atoms with van der Waals surface area (Å²) in [6.45, 7) is 4.56. The average molecular weight is 279 g/mol. The molecule has 1 atom stereocenters. The van der Waals surface area contributed by atoms with Gasteiger partial charge in [0.2, 0.25) is 0 Å². The number of carbonyl (C=O) groups is 2. The van der Waals surface area contributed by atoms with Crippen LogP contribution in [0.2, 0.25) is 0 Å². The van der Waals surface area contributed by atoms with Crippen molar-refractivity contribution in [2.45, 2.75) is 39.2 Å². The summed E-state index contributed by atoms with van der Waals surface area (Å²) in [6.07, 6.45) is 4.10. The molecule has 0 radical (unpaired) electrons. The Labute approximate surface area is 118 Å².